The molecule has 2 aliphatic rings. The zero-order valence-corrected chi connectivity index (χ0v) is 13.3. The summed E-state index contributed by atoms with van der Waals surface area (Å²) in [6.07, 6.45) is 3.20. The van der Waals surface area contributed by atoms with Crippen LogP contribution in [0.4, 0.5) is 4.79 Å². The van der Waals surface area contributed by atoms with E-state index in [0.29, 0.717) is 32.0 Å². The molecule has 2 fully saturated rings. The summed E-state index contributed by atoms with van der Waals surface area (Å²) in [5.74, 6) is -0.749. The molecule has 0 aliphatic carbocycles. The molecule has 2 heterocycles. The molecule has 1 unspecified atom stereocenters. The van der Waals surface area contributed by atoms with Gasteiger partial charge in [-0.2, -0.15) is 0 Å². The Morgan fingerprint density at radius 2 is 1.86 bits per heavy atom. The van der Waals surface area contributed by atoms with E-state index in [0.717, 1.165) is 25.9 Å². The zero-order valence-electron chi connectivity index (χ0n) is 13.3. The van der Waals surface area contributed by atoms with E-state index in [2.05, 4.69) is 4.90 Å². The number of carboxylic acids is 1. The fourth-order valence-electron chi connectivity index (χ4n) is 3.29. The van der Waals surface area contributed by atoms with E-state index in [1.54, 1.807) is 6.92 Å². The van der Waals surface area contributed by atoms with Crippen LogP contribution >= 0.6 is 0 Å². The first-order valence-corrected chi connectivity index (χ1v) is 7.77. The number of hydrogen-bond donors (Lipinski definition) is 1. The molecule has 0 spiro atoms. The Hall–Kier alpha value is -1.30. The van der Waals surface area contributed by atoms with Crippen LogP contribution in [-0.2, 0) is 4.79 Å². The van der Waals surface area contributed by atoms with Crippen LogP contribution in [0.1, 0.15) is 32.6 Å². The van der Waals surface area contributed by atoms with Crippen molar-refractivity contribution >= 4 is 12.0 Å². The Labute approximate surface area is 126 Å². The molecule has 6 nitrogen and oxygen atoms in total. The minimum absolute atomic E-state index is 0.0896. The van der Waals surface area contributed by atoms with Crippen LogP contribution in [0.3, 0.4) is 0 Å². The predicted octanol–water partition coefficient (Wildman–Crippen LogP) is 1.32. The molecular weight excluding hydrogens is 270 g/mol. The molecule has 6 heteroatoms. The van der Waals surface area contributed by atoms with Gasteiger partial charge in [-0.25, -0.2) is 4.79 Å². The molecule has 0 saturated carbocycles. The van der Waals surface area contributed by atoms with Crippen molar-refractivity contribution in [2.75, 3.05) is 40.3 Å². The first kappa shape index (κ1) is 16.1. The van der Waals surface area contributed by atoms with Gasteiger partial charge in [-0.15, -0.1) is 0 Å². The van der Waals surface area contributed by atoms with Gasteiger partial charge in [0.15, 0.2) is 0 Å². The lowest BCUT2D eigenvalue weighted by Crippen LogP contribution is -2.52. The minimum atomic E-state index is -0.749. The van der Waals surface area contributed by atoms with E-state index in [9.17, 15) is 14.7 Å². The van der Waals surface area contributed by atoms with Crippen molar-refractivity contribution in [1.29, 1.82) is 0 Å². The summed E-state index contributed by atoms with van der Waals surface area (Å²) in [5, 5.41) is 9.26. The fourth-order valence-corrected chi connectivity index (χ4v) is 3.29. The second-order valence-electron chi connectivity index (χ2n) is 6.89. The standard InChI is InChI=1S/C15H27N3O3/c1-15(13(19)20)6-9-17(10-7-15)14(21)18-8-4-5-12(18)11-16(2)3/h12H,4-11H2,1-3H3,(H,19,20). The molecule has 120 valence electrons. The SMILES string of the molecule is CN(C)CC1CCCN1C(=O)N1CCC(C)(C(=O)O)CC1. The number of nitrogens with zero attached hydrogens (tertiary/aromatic N) is 3. The molecule has 0 aromatic carbocycles. The number of hydrogen-bond acceptors (Lipinski definition) is 3. The number of likely N-dealkylation sites (N-methyl/N-ethyl adjacent to an activating group) is 1. The number of aliphatic carboxylic acids is 1. The highest BCUT2D eigenvalue weighted by atomic mass is 16.4. The Morgan fingerprint density at radius 3 is 2.38 bits per heavy atom. The van der Waals surface area contributed by atoms with Gasteiger partial charge in [0.1, 0.15) is 0 Å². The maximum absolute atomic E-state index is 12.7. The number of carbonyl (C=O) groups is 2. The van der Waals surface area contributed by atoms with E-state index in [1.165, 1.54) is 0 Å². The number of likely N-dealkylation sites (tertiary alicyclic amines) is 2. The number of amides is 2. The van der Waals surface area contributed by atoms with Gasteiger partial charge < -0.3 is 19.8 Å². The quantitative estimate of drug-likeness (QED) is 0.853. The highest BCUT2D eigenvalue weighted by molar-refractivity contribution is 5.77. The lowest BCUT2D eigenvalue weighted by molar-refractivity contribution is -0.150. The van der Waals surface area contributed by atoms with Gasteiger partial charge in [0.05, 0.1) is 5.41 Å². The lowest BCUT2D eigenvalue weighted by Gasteiger charge is -2.39. The topological polar surface area (TPSA) is 64.1 Å². The van der Waals surface area contributed by atoms with Crippen LogP contribution in [0.5, 0.6) is 0 Å². The number of carboxylic acid groups (broad SMARTS) is 1. The summed E-state index contributed by atoms with van der Waals surface area (Å²) in [5.41, 5.74) is -0.676. The Kier molecular flexibility index (Phi) is 4.76. The minimum Gasteiger partial charge on any atom is -0.481 e. The average molecular weight is 297 g/mol. The third-order valence-corrected chi connectivity index (χ3v) is 4.85. The first-order chi connectivity index (χ1) is 9.83. The molecular formula is C15H27N3O3. The predicted molar refractivity (Wildman–Crippen MR) is 80.2 cm³/mol. The second-order valence-corrected chi connectivity index (χ2v) is 6.89. The van der Waals surface area contributed by atoms with Crippen LogP contribution in [0, 0.1) is 5.41 Å². The van der Waals surface area contributed by atoms with E-state index in [-0.39, 0.29) is 6.03 Å². The van der Waals surface area contributed by atoms with Crippen molar-refractivity contribution < 1.29 is 14.7 Å². The summed E-state index contributed by atoms with van der Waals surface area (Å²) < 4.78 is 0. The third-order valence-electron chi connectivity index (χ3n) is 4.85. The average Bonchev–Trinajstić information content (AvgIpc) is 2.86. The number of rotatable bonds is 3. The van der Waals surface area contributed by atoms with Gasteiger partial charge in [-0.3, -0.25) is 4.79 Å². The Balaban J connectivity index is 1.94. The summed E-state index contributed by atoms with van der Waals surface area (Å²) in [6, 6.07) is 0.382. The van der Waals surface area contributed by atoms with Gasteiger partial charge >= 0.3 is 12.0 Å². The van der Waals surface area contributed by atoms with Crippen molar-refractivity contribution in [3.8, 4) is 0 Å². The maximum atomic E-state index is 12.7. The van der Waals surface area contributed by atoms with E-state index >= 15 is 0 Å². The highest BCUT2D eigenvalue weighted by Crippen LogP contribution is 2.32. The largest absolute Gasteiger partial charge is 0.481 e. The van der Waals surface area contributed by atoms with E-state index < -0.39 is 11.4 Å². The molecule has 2 saturated heterocycles. The van der Waals surface area contributed by atoms with Crippen molar-refractivity contribution in [1.82, 2.24) is 14.7 Å². The summed E-state index contributed by atoms with van der Waals surface area (Å²) in [7, 11) is 4.06. The maximum Gasteiger partial charge on any atom is 0.320 e. The van der Waals surface area contributed by atoms with Crippen molar-refractivity contribution in [2.45, 2.75) is 38.6 Å². The molecule has 21 heavy (non-hydrogen) atoms. The Morgan fingerprint density at radius 1 is 1.24 bits per heavy atom. The number of urea groups is 1. The van der Waals surface area contributed by atoms with E-state index in [1.807, 2.05) is 23.9 Å². The van der Waals surface area contributed by atoms with Crippen LogP contribution in [0.2, 0.25) is 0 Å². The van der Waals surface area contributed by atoms with Crippen molar-refractivity contribution in [3.05, 3.63) is 0 Å². The van der Waals surface area contributed by atoms with Crippen molar-refractivity contribution in [2.24, 2.45) is 5.41 Å². The smallest absolute Gasteiger partial charge is 0.320 e. The third kappa shape index (κ3) is 3.48. The summed E-state index contributed by atoms with van der Waals surface area (Å²) in [6.45, 7) is 4.60. The molecule has 0 radical (unpaired) electrons. The van der Waals surface area contributed by atoms with Gasteiger partial charge in [0.25, 0.3) is 0 Å². The second kappa shape index (κ2) is 6.22. The van der Waals surface area contributed by atoms with Crippen LogP contribution in [-0.4, -0.2) is 78.1 Å². The van der Waals surface area contributed by atoms with Crippen molar-refractivity contribution in [3.63, 3.8) is 0 Å². The molecule has 2 rings (SSSR count). The Bertz CT molecular complexity index is 403. The van der Waals surface area contributed by atoms with Gasteiger partial charge in [-0.05, 0) is 46.7 Å². The molecule has 2 aliphatic heterocycles. The fraction of sp³-hybridized carbons (Fsp3) is 0.867. The molecule has 1 atom stereocenters. The molecule has 0 aromatic heterocycles. The van der Waals surface area contributed by atoms with Gasteiger partial charge in [0.2, 0.25) is 0 Å². The number of carbonyl (C=O) groups excluding carboxylic acids is 1. The molecule has 2 amide bonds. The summed E-state index contributed by atoms with van der Waals surface area (Å²) >= 11 is 0. The van der Waals surface area contributed by atoms with E-state index in [4.69, 9.17) is 0 Å². The first-order valence-electron chi connectivity index (χ1n) is 7.77. The zero-order chi connectivity index (χ0) is 15.6. The molecule has 0 aromatic rings. The lowest BCUT2D eigenvalue weighted by atomic mass is 9.80. The molecule has 0 bridgehead atoms. The summed E-state index contributed by atoms with van der Waals surface area (Å²) in [4.78, 5) is 29.8. The van der Waals surface area contributed by atoms with Crippen LogP contribution < -0.4 is 0 Å². The van der Waals surface area contributed by atoms with Gasteiger partial charge in [0, 0.05) is 32.2 Å². The highest BCUT2D eigenvalue weighted by Gasteiger charge is 2.40. The van der Waals surface area contributed by atoms with Crippen LogP contribution in [0.25, 0.3) is 0 Å². The monoisotopic (exact) mass is 297 g/mol. The molecule has 1 N–H and O–H groups in total. The number of piperidine rings is 1. The van der Waals surface area contributed by atoms with Gasteiger partial charge in [-0.1, -0.05) is 0 Å². The normalized spacial score (nSPS) is 25.4. The van der Waals surface area contributed by atoms with Crippen LogP contribution in [0.15, 0.2) is 0 Å².